The molecule has 5 heteroatoms. The Morgan fingerprint density at radius 2 is 1.55 bits per heavy atom. The fourth-order valence-corrected chi connectivity index (χ4v) is 5.61. The van der Waals surface area contributed by atoms with Gasteiger partial charge in [0.25, 0.3) is 0 Å². The number of carbonyl (C=O) groups is 2. The topological polar surface area (TPSA) is 52.6 Å². The van der Waals surface area contributed by atoms with Gasteiger partial charge in [-0.3, -0.25) is 4.79 Å². The van der Waals surface area contributed by atoms with E-state index in [0.717, 1.165) is 17.8 Å². The van der Waals surface area contributed by atoms with E-state index in [2.05, 4.69) is 15.9 Å². The van der Waals surface area contributed by atoms with Gasteiger partial charge in [0.1, 0.15) is 10.9 Å². The first-order valence-electron chi connectivity index (χ1n) is 8.27. The molecular formula is C17H25BrO4. The molecule has 4 bridgehead atoms. The summed E-state index contributed by atoms with van der Waals surface area (Å²) in [5.41, 5.74) is -0.363. The summed E-state index contributed by atoms with van der Waals surface area (Å²) in [6.07, 6.45) is 7.64. The van der Waals surface area contributed by atoms with Gasteiger partial charge < -0.3 is 9.47 Å². The maximum absolute atomic E-state index is 12.1. The molecule has 0 aromatic rings. The van der Waals surface area contributed by atoms with E-state index in [1.165, 1.54) is 38.5 Å². The zero-order valence-electron chi connectivity index (χ0n) is 13.4. The van der Waals surface area contributed by atoms with Gasteiger partial charge in [-0.25, -0.2) is 4.79 Å². The van der Waals surface area contributed by atoms with E-state index in [9.17, 15) is 9.59 Å². The summed E-state index contributed by atoms with van der Waals surface area (Å²) >= 11 is 3.01. The molecule has 22 heavy (non-hydrogen) atoms. The van der Waals surface area contributed by atoms with E-state index in [1.807, 2.05) is 13.8 Å². The number of hydrogen-bond donors (Lipinski definition) is 0. The first kappa shape index (κ1) is 16.3. The molecule has 0 aliphatic heterocycles. The van der Waals surface area contributed by atoms with Crippen LogP contribution in [0.4, 0.5) is 0 Å². The van der Waals surface area contributed by atoms with Crippen molar-refractivity contribution < 1.29 is 19.1 Å². The molecule has 4 nitrogen and oxygen atoms in total. The maximum atomic E-state index is 12.1. The van der Waals surface area contributed by atoms with Crippen LogP contribution >= 0.6 is 15.9 Å². The first-order valence-corrected chi connectivity index (χ1v) is 9.39. The molecule has 0 aromatic carbocycles. The smallest absolute Gasteiger partial charge is 0.344 e. The van der Waals surface area contributed by atoms with E-state index >= 15 is 0 Å². The number of alkyl halides is 1. The molecule has 0 heterocycles. The average Bonchev–Trinajstić information content (AvgIpc) is 2.42. The van der Waals surface area contributed by atoms with Gasteiger partial charge in [0.15, 0.2) is 6.61 Å². The summed E-state index contributed by atoms with van der Waals surface area (Å²) in [5.74, 6) is 1.57. The third-order valence-electron chi connectivity index (χ3n) is 6.14. The van der Waals surface area contributed by atoms with Crippen molar-refractivity contribution in [1.82, 2.24) is 0 Å². The fourth-order valence-electron chi connectivity index (χ4n) is 5.45. The van der Waals surface area contributed by atoms with Gasteiger partial charge in [-0.1, -0.05) is 15.9 Å². The van der Waals surface area contributed by atoms with Crippen LogP contribution in [0.2, 0.25) is 0 Å². The van der Waals surface area contributed by atoms with E-state index in [1.54, 1.807) is 0 Å². The lowest BCUT2D eigenvalue weighted by atomic mass is 9.46. The zero-order valence-corrected chi connectivity index (χ0v) is 15.0. The van der Waals surface area contributed by atoms with Gasteiger partial charge in [-0.2, -0.15) is 0 Å². The molecule has 0 radical (unpaired) electrons. The van der Waals surface area contributed by atoms with Crippen LogP contribution < -0.4 is 0 Å². The molecule has 0 N–H and O–H groups in total. The average molecular weight is 373 g/mol. The molecule has 4 fully saturated rings. The molecule has 4 aliphatic carbocycles. The summed E-state index contributed by atoms with van der Waals surface area (Å²) < 4.78 is 10.6. The molecule has 0 spiro atoms. The van der Waals surface area contributed by atoms with Crippen LogP contribution in [0.3, 0.4) is 0 Å². The molecule has 4 rings (SSSR count). The van der Waals surface area contributed by atoms with E-state index < -0.39 is 17.5 Å². The number of halogens is 1. The summed E-state index contributed by atoms with van der Waals surface area (Å²) in [5, 5.41) is 0.0959. The normalized spacial score (nSPS) is 36.2. The maximum Gasteiger partial charge on any atom is 0.344 e. The molecule has 0 unspecified atom stereocenters. The molecule has 4 aliphatic rings. The number of carbonyl (C=O) groups excluding carboxylic acids is 2. The van der Waals surface area contributed by atoms with E-state index in [-0.39, 0.29) is 17.4 Å². The lowest BCUT2D eigenvalue weighted by molar-refractivity contribution is -0.202. The van der Waals surface area contributed by atoms with Crippen molar-refractivity contribution in [1.29, 1.82) is 0 Å². The van der Waals surface area contributed by atoms with Gasteiger partial charge in [0.05, 0.1) is 0 Å². The van der Waals surface area contributed by atoms with Gasteiger partial charge in [0.2, 0.25) is 0 Å². The largest absolute Gasteiger partial charge is 0.457 e. The Morgan fingerprint density at radius 3 is 2.00 bits per heavy atom. The van der Waals surface area contributed by atoms with Gasteiger partial charge in [-0.15, -0.1) is 0 Å². The monoisotopic (exact) mass is 372 g/mol. The lowest BCUT2D eigenvalue weighted by Crippen LogP contribution is -2.57. The molecular weight excluding hydrogens is 348 g/mol. The minimum absolute atomic E-state index is 0.0959. The Labute approximate surface area is 140 Å². The summed E-state index contributed by atoms with van der Waals surface area (Å²) in [7, 11) is 0. The van der Waals surface area contributed by atoms with E-state index in [0.29, 0.717) is 0 Å². The standard InChI is InChI=1S/C17H25BrO4/c1-16(2,22-15(20)10-21-14(19)9-18)17-6-11-3-12(7-17)5-13(4-11)8-17/h11-13H,3-10H2,1-2H3. The van der Waals surface area contributed by atoms with Crippen molar-refractivity contribution in [2.45, 2.75) is 58.0 Å². The molecule has 0 atom stereocenters. The van der Waals surface area contributed by atoms with Crippen molar-refractivity contribution in [3.05, 3.63) is 0 Å². The fraction of sp³-hybridized carbons (Fsp3) is 0.882. The van der Waals surface area contributed by atoms with Crippen LogP contribution in [-0.2, 0) is 19.1 Å². The number of rotatable bonds is 5. The lowest BCUT2D eigenvalue weighted by Gasteiger charge is -2.61. The van der Waals surface area contributed by atoms with Crippen molar-refractivity contribution in [2.24, 2.45) is 23.2 Å². The molecule has 0 saturated heterocycles. The minimum Gasteiger partial charge on any atom is -0.457 e. The molecule has 124 valence electrons. The Kier molecular flexibility index (Phi) is 4.30. The van der Waals surface area contributed by atoms with Crippen molar-refractivity contribution in [2.75, 3.05) is 11.9 Å². The Hall–Kier alpha value is -0.580. The minimum atomic E-state index is -0.485. The van der Waals surface area contributed by atoms with Crippen molar-refractivity contribution >= 4 is 27.9 Å². The van der Waals surface area contributed by atoms with Crippen LogP contribution in [0.1, 0.15) is 52.4 Å². The SMILES string of the molecule is CC(C)(OC(=O)COC(=O)CBr)C12CC3CC(CC(C3)C1)C2. The number of esters is 2. The third-order valence-corrected chi connectivity index (χ3v) is 6.60. The van der Waals surface area contributed by atoms with Crippen LogP contribution in [0, 0.1) is 23.2 Å². The second kappa shape index (κ2) is 5.81. The highest BCUT2D eigenvalue weighted by Crippen LogP contribution is 2.64. The van der Waals surface area contributed by atoms with Crippen molar-refractivity contribution in [3.8, 4) is 0 Å². The summed E-state index contributed by atoms with van der Waals surface area (Å²) in [6.45, 7) is 3.80. The van der Waals surface area contributed by atoms with Crippen LogP contribution in [0.25, 0.3) is 0 Å². The zero-order chi connectivity index (χ0) is 16.0. The summed E-state index contributed by atoms with van der Waals surface area (Å²) in [4.78, 5) is 23.2. The third kappa shape index (κ3) is 2.93. The highest BCUT2D eigenvalue weighted by atomic mass is 79.9. The highest BCUT2D eigenvalue weighted by Gasteiger charge is 2.58. The number of ether oxygens (including phenoxy) is 2. The van der Waals surface area contributed by atoms with E-state index in [4.69, 9.17) is 9.47 Å². The Balaban J connectivity index is 1.65. The predicted molar refractivity (Wildman–Crippen MR) is 85.5 cm³/mol. The second-order valence-corrected chi connectivity index (χ2v) is 8.54. The Bertz CT molecular complexity index is 436. The van der Waals surface area contributed by atoms with Gasteiger partial charge in [-0.05, 0) is 70.1 Å². The highest BCUT2D eigenvalue weighted by molar-refractivity contribution is 9.09. The second-order valence-electron chi connectivity index (χ2n) is 7.98. The first-order chi connectivity index (χ1) is 10.3. The van der Waals surface area contributed by atoms with Crippen LogP contribution in [-0.4, -0.2) is 29.5 Å². The Morgan fingerprint density at radius 1 is 1.05 bits per heavy atom. The molecule has 0 amide bonds. The van der Waals surface area contributed by atoms with Crippen LogP contribution in [0.5, 0.6) is 0 Å². The quantitative estimate of drug-likeness (QED) is 0.547. The molecule has 4 saturated carbocycles. The molecule has 0 aromatic heterocycles. The van der Waals surface area contributed by atoms with Gasteiger partial charge >= 0.3 is 11.9 Å². The predicted octanol–water partition coefficient (Wildman–Crippen LogP) is 3.46. The van der Waals surface area contributed by atoms with Crippen LogP contribution in [0.15, 0.2) is 0 Å². The number of hydrogen-bond acceptors (Lipinski definition) is 4. The summed E-state index contributed by atoms with van der Waals surface area (Å²) in [6, 6.07) is 0. The van der Waals surface area contributed by atoms with Gasteiger partial charge in [0, 0.05) is 5.41 Å². The van der Waals surface area contributed by atoms with Crippen molar-refractivity contribution in [3.63, 3.8) is 0 Å².